The summed E-state index contributed by atoms with van der Waals surface area (Å²) in [4.78, 5) is 16.2. The van der Waals surface area contributed by atoms with Crippen LogP contribution in [0.2, 0.25) is 0 Å². The predicted molar refractivity (Wildman–Crippen MR) is 112 cm³/mol. The van der Waals surface area contributed by atoms with Crippen molar-refractivity contribution in [2.75, 3.05) is 32.7 Å². The molecule has 1 unspecified atom stereocenters. The summed E-state index contributed by atoms with van der Waals surface area (Å²) < 4.78 is 32.3. The third-order valence-corrected chi connectivity index (χ3v) is 8.37. The number of carbonyl (C=O) groups is 1. The Bertz CT molecular complexity index is 911. The summed E-state index contributed by atoms with van der Waals surface area (Å²) in [6.45, 7) is 3.52. The number of nitrogens with zero attached hydrogens (tertiary/aromatic N) is 2. The van der Waals surface area contributed by atoms with Crippen molar-refractivity contribution in [3.63, 3.8) is 0 Å². The molecule has 9 heteroatoms. The van der Waals surface area contributed by atoms with Gasteiger partial charge in [-0.25, -0.2) is 8.42 Å². The van der Waals surface area contributed by atoms with Gasteiger partial charge in [0.25, 0.3) is 15.9 Å². The van der Waals surface area contributed by atoms with Gasteiger partial charge in [-0.2, -0.15) is 4.31 Å². The van der Waals surface area contributed by atoms with Crippen LogP contribution in [0, 0.1) is 0 Å². The van der Waals surface area contributed by atoms with Crippen molar-refractivity contribution < 1.29 is 17.6 Å². The molecule has 0 aliphatic carbocycles. The number of hydrogen-bond acceptors (Lipinski definition) is 6. The smallest absolute Gasteiger partial charge is 0.287 e. The maximum atomic E-state index is 12.7. The Hall–Kier alpha value is -1.68. The van der Waals surface area contributed by atoms with Gasteiger partial charge in [0.2, 0.25) is 5.09 Å². The molecule has 0 saturated carbocycles. The minimum Gasteiger partial charge on any atom is -0.438 e. The number of rotatable bonds is 7. The topological polar surface area (TPSA) is 82.9 Å². The van der Waals surface area contributed by atoms with Gasteiger partial charge in [-0.05, 0) is 62.4 Å². The van der Waals surface area contributed by atoms with Crippen molar-refractivity contribution in [1.82, 2.24) is 14.5 Å². The van der Waals surface area contributed by atoms with E-state index in [1.807, 2.05) is 11.4 Å². The number of sulfonamides is 1. The van der Waals surface area contributed by atoms with E-state index in [2.05, 4.69) is 16.3 Å². The van der Waals surface area contributed by atoms with E-state index in [0.29, 0.717) is 19.6 Å². The highest BCUT2D eigenvalue weighted by Gasteiger charge is 2.30. The molecule has 0 bridgehead atoms. The van der Waals surface area contributed by atoms with Crippen LogP contribution in [-0.4, -0.2) is 56.3 Å². The van der Waals surface area contributed by atoms with Crippen molar-refractivity contribution in [2.45, 2.75) is 43.2 Å². The van der Waals surface area contributed by atoms with Crippen molar-refractivity contribution >= 4 is 27.3 Å². The fraction of sp³-hybridized carbons (Fsp3) is 0.550. The van der Waals surface area contributed by atoms with Gasteiger partial charge in [-0.15, -0.1) is 11.3 Å². The van der Waals surface area contributed by atoms with E-state index < -0.39 is 10.0 Å². The molecule has 1 atom stereocenters. The number of hydrogen-bond donors (Lipinski definition) is 1. The third-order valence-electron chi connectivity index (χ3n) is 5.62. The lowest BCUT2D eigenvalue weighted by atomic mass is 10.2. The summed E-state index contributed by atoms with van der Waals surface area (Å²) in [6.07, 6.45) is 5.10. The molecule has 2 aliphatic rings. The first kappa shape index (κ1) is 20.6. The van der Waals surface area contributed by atoms with Crippen LogP contribution in [-0.2, 0) is 10.0 Å². The van der Waals surface area contributed by atoms with Crippen molar-refractivity contribution in [3.8, 4) is 0 Å². The van der Waals surface area contributed by atoms with Gasteiger partial charge >= 0.3 is 0 Å². The molecule has 4 rings (SSSR count). The van der Waals surface area contributed by atoms with E-state index in [1.165, 1.54) is 34.2 Å². The third kappa shape index (κ3) is 4.58. The lowest BCUT2D eigenvalue weighted by molar-refractivity contribution is 0.0905. The Morgan fingerprint density at radius 1 is 1.07 bits per heavy atom. The van der Waals surface area contributed by atoms with E-state index in [9.17, 15) is 13.2 Å². The minimum atomic E-state index is -3.67. The second-order valence-corrected chi connectivity index (χ2v) is 10.4. The summed E-state index contributed by atoms with van der Waals surface area (Å²) in [7, 11) is -3.67. The van der Waals surface area contributed by atoms with Gasteiger partial charge in [-0.3, -0.25) is 9.69 Å². The van der Waals surface area contributed by atoms with Crippen LogP contribution in [0.3, 0.4) is 0 Å². The van der Waals surface area contributed by atoms with Gasteiger partial charge in [0.1, 0.15) is 0 Å². The summed E-state index contributed by atoms with van der Waals surface area (Å²) in [5.41, 5.74) is 0. The van der Waals surface area contributed by atoms with Crippen molar-refractivity contribution in [3.05, 3.63) is 40.3 Å². The normalized spacial score (nSPS) is 20.0. The first-order valence-electron chi connectivity index (χ1n) is 10.2. The molecule has 2 aliphatic heterocycles. The van der Waals surface area contributed by atoms with E-state index in [0.717, 1.165) is 32.4 Å². The summed E-state index contributed by atoms with van der Waals surface area (Å²) in [5, 5.41) is 4.82. The van der Waals surface area contributed by atoms with Gasteiger partial charge < -0.3 is 9.73 Å². The molecule has 29 heavy (non-hydrogen) atoms. The minimum absolute atomic E-state index is 0.0342. The van der Waals surface area contributed by atoms with Gasteiger partial charge in [0, 0.05) is 24.5 Å². The molecule has 2 fully saturated rings. The molecule has 1 amide bonds. The Balaban J connectivity index is 1.42. The second-order valence-electron chi connectivity index (χ2n) is 7.57. The predicted octanol–water partition coefficient (Wildman–Crippen LogP) is 3.08. The molecule has 2 aromatic heterocycles. The van der Waals surface area contributed by atoms with Gasteiger partial charge in [-0.1, -0.05) is 12.5 Å². The number of furan rings is 1. The number of likely N-dealkylation sites (tertiary alicyclic amines) is 1. The Kier molecular flexibility index (Phi) is 6.38. The number of thiophene rings is 1. The van der Waals surface area contributed by atoms with Crippen LogP contribution in [0.4, 0.5) is 0 Å². The number of carbonyl (C=O) groups excluding carboxylic acids is 1. The molecule has 0 aromatic carbocycles. The molecule has 0 radical (unpaired) electrons. The van der Waals surface area contributed by atoms with Crippen LogP contribution in [0.15, 0.2) is 39.2 Å². The average molecular weight is 438 g/mol. The number of piperidine rings is 1. The van der Waals surface area contributed by atoms with Crippen LogP contribution in [0.25, 0.3) is 0 Å². The molecule has 7 nitrogen and oxygen atoms in total. The van der Waals surface area contributed by atoms with Gasteiger partial charge in [0.15, 0.2) is 5.76 Å². The van der Waals surface area contributed by atoms with E-state index in [-0.39, 0.29) is 22.8 Å². The summed E-state index contributed by atoms with van der Waals surface area (Å²) in [5.74, 6) is -0.349. The van der Waals surface area contributed by atoms with Crippen LogP contribution in [0.5, 0.6) is 0 Å². The Labute approximate surface area is 175 Å². The quantitative estimate of drug-likeness (QED) is 0.720. The monoisotopic (exact) mass is 437 g/mol. The Morgan fingerprint density at radius 3 is 2.48 bits per heavy atom. The largest absolute Gasteiger partial charge is 0.438 e. The van der Waals surface area contributed by atoms with Crippen molar-refractivity contribution in [2.24, 2.45) is 0 Å². The lowest BCUT2D eigenvalue weighted by Crippen LogP contribution is -2.36. The molecular formula is C20H27N3O4S2. The van der Waals surface area contributed by atoms with E-state index >= 15 is 0 Å². The zero-order valence-corrected chi connectivity index (χ0v) is 18.0. The molecule has 1 N–H and O–H groups in total. The molecular weight excluding hydrogens is 410 g/mol. The average Bonchev–Trinajstić information content (AvgIpc) is 3.51. The van der Waals surface area contributed by atoms with Gasteiger partial charge in [0.05, 0.1) is 6.04 Å². The van der Waals surface area contributed by atoms with Crippen LogP contribution in [0.1, 0.15) is 53.6 Å². The zero-order chi connectivity index (χ0) is 20.3. The fourth-order valence-corrected chi connectivity index (χ4v) is 6.32. The lowest BCUT2D eigenvalue weighted by Gasteiger charge is -2.26. The SMILES string of the molecule is O=C(NCC(c1cccs1)N1CCCC1)c1ccc(S(=O)(=O)N2CCCCC2)o1. The highest BCUT2D eigenvalue weighted by molar-refractivity contribution is 7.89. The molecule has 2 aromatic rings. The second kappa shape index (κ2) is 8.99. The zero-order valence-electron chi connectivity index (χ0n) is 16.4. The fourth-order valence-electron chi connectivity index (χ4n) is 4.03. The molecule has 158 valence electrons. The highest BCUT2D eigenvalue weighted by atomic mass is 32.2. The maximum absolute atomic E-state index is 12.7. The summed E-state index contributed by atoms with van der Waals surface area (Å²) >= 11 is 1.69. The maximum Gasteiger partial charge on any atom is 0.287 e. The van der Waals surface area contributed by atoms with Crippen molar-refractivity contribution in [1.29, 1.82) is 0 Å². The molecule has 0 spiro atoms. The molecule has 2 saturated heterocycles. The standard InChI is InChI=1S/C20H27N3O4S2/c24-20(21-15-16(18-7-6-14-28-18)22-10-4-5-11-22)17-8-9-19(27-17)29(25,26)23-12-2-1-3-13-23/h6-9,14,16H,1-5,10-13,15H2,(H,21,24). The summed E-state index contributed by atoms with van der Waals surface area (Å²) in [6, 6.07) is 7.08. The van der Waals surface area contributed by atoms with E-state index in [4.69, 9.17) is 4.42 Å². The van der Waals surface area contributed by atoms with Crippen LogP contribution < -0.4 is 5.32 Å². The number of nitrogens with one attached hydrogen (secondary N) is 1. The molecule has 4 heterocycles. The van der Waals surface area contributed by atoms with E-state index in [1.54, 1.807) is 11.3 Å². The number of amides is 1. The Morgan fingerprint density at radius 2 is 1.79 bits per heavy atom. The highest BCUT2D eigenvalue weighted by Crippen LogP contribution is 2.28. The van der Waals surface area contributed by atoms with Crippen LogP contribution >= 0.6 is 11.3 Å². The first-order valence-corrected chi connectivity index (χ1v) is 12.5. The first-order chi connectivity index (χ1) is 14.1.